The number of ether oxygens (including phenoxy) is 3. The van der Waals surface area contributed by atoms with Crippen LogP contribution in [0.3, 0.4) is 0 Å². The highest BCUT2D eigenvalue weighted by Gasteiger charge is 2.28. The Morgan fingerprint density at radius 1 is 0.952 bits per heavy atom. The first-order valence-corrected chi connectivity index (χ1v) is 15.0. The Labute approximate surface area is 253 Å². The Morgan fingerprint density at radius 2 is 1.67 bits per heavy atom. The van der Waals surface area contributed by atoms with Gasteiger partial charge in [-0.3, -0.25) is 9.10 Å². The Bertz CT molecular complexity index is 1720. The number of anilines is 1. The molecule has 10 nitrogen and oxygen atoms in total. The van der Waals surface area contributed by atoms with Gasteiger partial charge >= 0.3 is 0 Å². The van der Waals surface area contributed by atoms with Crippen LogP contribution in [0, 0.1) is 13.8 Å². The van der Waals surface area contributed by atoms with Crippen molar-refractivity contribution >= 4 is 43.8 Å². The van der Waals surface area contributed by atoms with Crippen molar-refractivity contribution in [3.8, 4) is 22.9 Å². The lowest BCUT2D eigenvalue weighted by Gasteiger charge is -2.24. The summed E-state index contributed by atoms with van der Waals surface area (Å²) in [5, 5.41) is 4.12. The quantitative estimate of drug-likeness (QED) is 0.175. The van der Waals surface area contributed by atoms with Gasteiger partial charge in [-0.15, -0.1) is 0 Å². The van der Waals surface area contributed by atoms with Crippen molar-refractivity contribution in [3.63, 3.8) is 0 Å². The number of hydrogen-bond donors (Lipinski definition) is 1. The molecule has 0 spiro atoms. The predicted octanol–water partition coefficient (Wildman–Crippen LogP) is 5.23. The third kappa shape index (κ3) is 6.60. The molecule has 0 bridgehead atoms. The van der Waals surface area contributed by atoms with Crippen molar-refractivity contribution in [2.75, 3.05) is 32.2 Å². The van der Waals surface area contributed by atoms with Gasteiger partial charge in [0.05, 0.1) is 38.1 Å². The van der Waals surface area contributed by atoms with E-state index in [1.54, 1.807) is 24.3 Å². The van der Waals surface area contributed by atoms with Crippen LogP contribution in [-0.2, 0) is 14.8 Å². The summed E-state index contributed by atoms with van der Waals surface area (Å²) in [6.07, 6.45) is 1.54. The van der Waals surface area contributed by atoms with Crippen LogP contribution < -0.4 is 23.9 Å². The van der Waals surface area contributed by atoms with Crippen LogP contribution in [0.4, 0.5) is 5.69 Å². The van der Waals surface area contributed by atoms with Crippen molar-refractivity contribution < 1.29 is 27.4 Å². The number of hydrogen-bond acceptors (Lipinski definition) is 7. The summed E-state index contributed by atoms with van der Waals surface area (Å²) in [6.45, 7) is 3.41. The molecule has 0 atom stereocenters. The van der Waals surface area contributed by atoms with E-state index in [-0.39, 0.29) is 16.3 Å². The smallest absolute Gasteiger partial charge is 0.264 e. The molecule has 4 aromatic rings. The molecule has 0 aliphatic heterocycles. The largest absolute Gasteiger partial charge is 0.497 e. The number of aryl methyl sites for hydroxylation is 1. The molecule has 3 aromatic carbocycles. The minimum Gasteiger partial charge on any atom is -0.497 e. The van der Waals surface area contributed by atoms with Gasteiger partial charge in [-0.1, -0.05) is 22.0 Å². The van der Waals surface area contributed by atoms with Crippen LogP contribution in [0.25, 0.3) is 5.69 Å². The zero-order valence-corrected chi connectivity index (χ0v) is 26.2. The van der Waals surface area contributed by atoms with Gasteiger partial charge in [-0.2, -0.15) is 5.10 Å². The van der Waals surface area contributed by atoms with E-state index in [0.29, 0.717) is 11.5 Å². The molecular weight excluding hydrogens is 624 g/mol. The molecule has 0 unspecified atom stereocenters. The number of sulfonamides is 1. The van der Waals surface area contributed by atoms with E-state index >= 15 is 0 Å². The molecule has 0 fully saturated rings. The van der Waals surface area contributed by atoms with Crippen LogP contribution >= 0.6 is 15.9 Å². The van der Waals surface area contributed by atoms with Crippen LogP contribution in [0.5, 0.6) is 17.2 Å². The summed E-state index contributed by atoms with van der Waals surface area (Å²) in [7, 11) is 0.170. The number of carbonyl (C=O) groups excluding carboxylic acids is 1. The lowest BCUT2D eigenvalue weighted by atomic mass is 10.2. The van der Waals surface area contributed by atoms with Gasteiger partial charge in [0, 0.05) is 33.2 Å². The normalized spacial score (nSPS) is 11.4. The van der Waals surface area contributed by atoms with Crippen molar-refractivity contribution in [2.45, 2.75) is 18.7 Å². The fraction of sp³-hybridized carbons (Fsp3) is 0.200. The molecule has 0 aliphatic carbocycles. The van der Waals surface area contributed by atoms with Gasteiger partial charge in [0.2, 0.25) is 0 Å². The molecule has 42 heavy (non-hydrogen) atoms. The number of aromatic nitrogens is 1. The minimum atomic E-state index is -4.21. The van der Waals surface area contributed by atoms with Crippen LogP contribution in [-0.4, -0.2) is 53.0 Å². The van der Waals surface area contributed by atoms with E-state index < -0.39 is 22.5 Å². The first-order valence-electron chi connectivity index (χ1n) is 12.7. The summed E-state index contributed by atoms with van der Waals surface area (Å²) in [4.78, 5) is 13.0. The van der Waals surface area contributed by atoms with Gasteiger partial charge < -0.3 is 18.8 Å². The molecule has 1 heterocycles. The molecule has 0 aliphatic rings. The van der Waals surface area contributed by atoms with Crippen molar-refractivity contribution in [1.29, 1.82) is 0 Å². The van der Waals surface area contributed by atoms with Gasteiger partial charge in [0.15, 0.2) is 11.5 Å². The summed E-state index contributed by atoms with van der Waals surface area (Å²) < 4.78 is 47.4. The summed E-state index contributed by atoms with van der Waals surface area (Å²) in [5.74, 6) is 0.519. The highest BCUT2D eigenvalue weighted by molar-refractivity contribution is 9.10. The maximum Gasteiger partial charge on any atom is 0.264 e. The third-order valence-electron chi connectivity index (χ3n) is 6.52. The predicted molar refractivity (Wildman–Crippen MR) is 166 cm³/mol. The van der Waals surface area contributed by atoms with Crippen molar-refractivity contribution in [3.05, 3.63) is 94.2 Å². The number of rotatable bonds is 11. The Morgan fingerprint density at radius 3 is 2.31 bits per heavy atom. The maximum absolute atomic E-state index is 13.8. The first-order chi connectivity index (χ1) is 20.1. The number of methoxy groups -OCH3 is 3. The van der Waals surface area contributed by atoms with E-state index in [4.69, 9.17) is 14.2 Å². The lowest BCUT2D eigenvalue weighted by molar-refractivity contribution is -0.119. The Balaban J connectivity index is 1.59. The molecule has 1 amide bonds. The third-order valence-corrected chi connectivity index (χ3v) is 8.78. The van der Waals surface area contributed by atoms with Gasteiger partial charge in [-0.05, 0) is 74.5 Å². The second kappa shape index (κ2) is 13.1. The fourth-order valence-electron chi connectivity index (χ4n) is 4.44. The molecule has 12 heteroatoms. The second-order valence-electron chi connectivity index (χ2n) is 9.16. The molecule has 1 N–H and O–H groups in total. The van der Waals surface area contributed by atoms with Crippen LogP contribution in [0.15, 0.2) is 87.3 Å². The zero-order valence-electron chi connectivity index (χ0n) is 23.8. The summed E-state index contributed by atoms with van der Waals surface area (Å²) in [6, 6.07) is 20.5. The van der Waals surface area contributed by atoms with E-state index in [9.17, 15) is 13.2 Å². The molecule has 1 aromatic heterocycles. The average molecular weight is 656 g/mol. The molecule has 4 rings (SSSR count). The SMILES string of the molecule is COc1ccc(N(CC(=O)N/N=C/c2cc(C)n(-c3cccc(Br)c3)c2C)S(=O)(=O)c2ccc(OC)c(OC)c2)cc1. The topological polar surface area (TPSA) is 111 Å². The van der Waals surface area contributed by atoms with Crippen molar-refractivity contribution in [1.82, 2.24) is 9.99 Å². The summed E-state index contributed by atoms with van der Waals surface area (Å²) in [5.41, 5.74) is 6.44. The number of amides is 1. The Kier molecular flexibility index (Phi) is 9.59. The monoisotopic (exact) mass is 654 g/mol. The number of nitrogens with one attached hydrogen (secondary N) is 1. The first kappa shape index (κ1) is 30.7. The zero-order chi connectivity index (χ0) is 30.4. The average Bonchev–Trinajstić information content (AvgIpc) is 3.27. The van der Waals surface area contributed by atoms with Gasteiger partial charge in [0.25, 0.3) is 15.9 Å². The maximum atomic E-state index is 13.8. The molecule has 0 radical (unpaired) electrons. The van der Waals surface area contributed by atoms with E-state index in [1.807, 2.05) is 44.2 Å². The van der Waals surface area contributed by atoms with Crippen molar-refractivity contribution in [2.24, 2.45) is 5.10 Å². The van der Waals surface area contributed by atoms with E-state index in [1.165, 1.54) is 45.7 Å². The number of nitrogens with zero attached hydrogens (tertiary/aromatic N) is 3. The highest BCUT2D eigenvalue weighted by atomic mass is 79.9. The highest BCUT2D eigenvalue weighted by Crippen LogP contribution is 2.32. The number of hydrazone groups is 1. The number of benzene rings is 3. The van der Waals surface area contributed by atoms with E-state index in [0.717, 1.165) is 31.4 Å². The fourth-order valence-corrected chi connectivity index (χ4v) is 6.26. The summed E-state index contributed by atoms with van der Waals surface area (Å²) >= 11 is 3.51. The van der Waals surface area contributed by atoms with E-state index in [2.05, 4.69) is 31.0 Å². The molecular formula is C30H31BrN4O6S. The van der Waals surface area contributed by atoms with Gasteiger partial charge in [0.1, 0.15) is 12.3 Å². The lowest BCUT2D eigenvalue weighted by Crippen LogP contribution is -2.39. The minimum absolute atomic E-state index is 0.0766. The molecule has 0 saturated carbocycles. The van der Waals surface area contributed by atoms with Crippen LogP contribution in [0.1, 0.15) is 17.0 Å². The standard InChI is InChI=1S/C30H31BrN4O6S/c1-20-15-22(21(2)35(20)25-8-6-7-23(31)16-25)18-32-33-30(36)19-34(24-9-11-26(39-3)12-10-24)42(37,38)27-13-14-28(40-4)29(17-27)41-5/h6-18H,19H2,1-5H3,(H,33,36)/b32-18+. The van der Waals surface area contributed by atoms with Gasteiger partial charge in [-0.25, -0.2) is 13.8 Å². The number of halogens is 1. The Hall–Kier alpha value is -4.29. The van der Waals surface area contributed by atoms with Crippen LogP contribution in [0.2, 0.25) is 0 Å². The second-order valence-corrected chi connectivity index (χ2v) is 11.9. The molecule has 220 valence electrons. The molecule has 0 saturated heterocycles. The number of carbonyl (C=O) groups is 1.